The maximum Gasteiger partial charge on any atom is 0.410 e. The fourth-order valence-electron chi connectivity index (χ4n) is 11.1. The number of alkyl halides is 1. The van der Waals surface area contributed by atoms with E-state index in [1.165, 1.54) is 37.1 Å². The van der Waals surface area contributed by atoms with Crippen LogP contribution in [0.5, 0.6) is 0 Å². The van der Waals surface area contributed by atoms with Crippen LogP contribution in [0.1, 0.15) is 61.1 Å². The average molecular weight is 1550 g/mol. The minimum Gasteiger partial charge on any atom is -0.445 e. The first kappa shape index (κ1) is 79.5. The van der Waals surface area contributed by atoms with Crippen molar-refractivity contribution < 1.29 is 113 Å². The number of aliphatic hydroxyl groups excluding tert-OH is 1. The van der Waals surface area contributed by atoms with Crippen LogP contribution in [0.15, 0.2) is 90.7 Å². The molecule has 7 amide bonds. The van der Waals surface area contributed by atoms with Crippen LogP contribution >= 0.6 is 38.1 Å². The molecule has 42 heteroatoms. The zero-order chi connectivity index (χ0) is 75.1. The number of halogens is 2. The molecule has 0 radical (unpaired) electrons. The van der Waals surface area contributed by atoms with Crippen molar-refractivity contribution in [1.29, 1.82) is 0 Å². The van der Waals surface area contributed by atoms with E-state index in [2.05, 4.69) is 70.7 Å². The number of H-pyrrole nitrogens is 1. The number of hydrogen-bond acceptors (Lipinski definition) is 27. The molecule has 8 heterocycles. The number of rotatable bonds is 32. The molecule has 6 aromatic rings. The number of aromatic nitrogens is 7. The van der Waals surface area contributed by atoms with E-state index in [-0.39, 0.29) is 98.5 Å². The lowest BCUT2D eigenvalue weighted by Gasteiger charge is -2.26. The van der Waals surface area contributed by atoms with Crippen LogP contribution in [-0.4, -0.2) is 232 Å². The van der Waals surface area contributed by atoms with Crippen molar-refractivity contribution in [3.8, 4) is 0 Å². The van der Waals surface area contributed by atoms with Crippen molar-refractivity contribution >= 4 is 113 Å². The van der Waals surface area contributed by atoms with E-state index < -0.39 is 135 Å². The van der Waals surface area contributed by atoms with E-state index >= 15 is 8.78 Å². The number of aliphatic hydroxyl groups is 1. The number of carbonyl (C=O) groups excluding carboxylic acids is 7. The number of aromatic amines is 1. The highest BCUT2D eigenvalue weighted by molar-refractivity contribution is 8.44. The van der Waals surface area contributed by atoms with Gasteiger partial charge >= 0.3 is 19.7 Å². The second-order valence-electron chi connectivity index (χ2n) is 24.3. The predicted octanol–water partition coefficient (Wildman–Crippen LogP) is 4.09. The Morgan fingerprint density at radius 2 is 1.36 bits per heavy atom. The number of amides is 7. The van der Waals surface area contributed by atoms with Gasteiger partial charge in [0.2, 0.25) is 17.7 Å². The number of anilines is 2. The molecule has 4 aliphatic rings. The Balaban J connectivity index is 0.636. The van der Waals surface area contributed by atoms with Gasteiger partial charge in [-0.15, -0.1) is 0 Å². The SMILES string of the molecule is CC(C)[C@H](NC(=O)CCOCCOCCOCCOCCOCCN1C(=O)C=CC1=O)C(=O)N[C@@H](C)C(=O)Nc1ccc(COC(=O)N(C)Cc2ccccc2C(=O)Nc2ncnc3c2ncn3[C@@H]2O[C@@H]3CO[P@@](=O)(S)O[C@@H]4[C@H](O)[C@@H](CO[P@@](=O)(S)O[C@H]3[C@H]2F)O[C@H]4n2cc(F)c3c(=O)[nH]cnc32)cc1. The number of benzene rings is 2. The molecule has 4 aliphatic heterocycles. The normalized spacial score (nSPS) is 23.9. The number of nitrogens with zero attached hydrogens (tertiary/aromatic N) is 8. The first-order chi connectivity index (χ1) is 50.3. The number of thiol groups is 2. The summed E-state index contributed by atoms with van der Waals surface area (Å²) in [5.74, 6) is -4.44. The first-order valence-corrected chi connectivity index (χ1v) is 38.2. The molecule has 0 aliphatic carbocycles. The van der Waals surface area contributed by atoms with Crippen LogP contribution in [0.2, 0.25) is 0 Å². The van der Waals surface area contributed by atoms with Crippen LogP contribution in [0.25, 0.3) is 22.2 Å². The van der Waals surface area contributed by atoms with E-state index in [4.69, 9.17) is 56.0 Å². The van der Waals surface area contributed by atoms with Gasteiger partial charge in [-0.05, 0) is 42.2 Å². The van der Waals surface area contributed by atoms with Crippen molar-refractivity contribution in [3.05, 3.63) is 119 Å². The molecular formula is C63H77F2N13O23P2S2. The number of carbonyl (C=O) groups is 7. The fourth-order valence-corrected chi connectivity index (χ4v) is 14.1. The number of hydrogen-bond donors (Lipinski definition) is 8. The van der Waals surface area contributed by atoms with Crippen molar-refractivity contribution in [1.82, 2.24) is 54.5 Å². The van der Waals surface area contributed by atoms with Gasteiger partial charge in [-0.1, -0.05) is 68.7 Å². The summed E-state index contributed by atoms with van der Waals surface area (Å²) in [5.41, 5.74) is 0.217. The summed E-state index contributed by atoms with van der Waals surface area (Å²) in [6, 6.07) is 10.8. The summed E-state index contributed by atoms with van der Waals surface area (Å²) in [4.78, 5) is 124. The van der Waals surface area contributed by atoms with Gasteiger partial charge in [0, 0.05) is 49.6 Å². The Hall–Kier alpha value is -8.02. The molecule has 0 spiro atoms. The third kappa shape index (κ3) is 20.8. The Morgan fingerprint density at radius 1 is 0.743 bits per heavy atom. The van der Waals surface area contributed by atoms with Gasteiger partial charge in [0.05, 0.1) is 98.5 Å². The molecule has 2 bridgehead atoms. The molecule has 568 valence electrons. The molecule has 12 atom stereocenters. The fraction of sp³-hybridized carbons (Fsp3) is 0.492. The Kier molecular flexibility index (Phi) is 27.7. The topological polar surface area (TPSA) is 434 Å². The van der Waals surface area contributed by atoms with E-state index in [9.17, 15) is 52.6 Å². The second-order valence-corrected chi connectivity index (χ2v) is 30.0. The molecule has 36 nitrogen and oxygen atoms in total. The van der Waals surface area contributed by atoms with E-state index in [1.807, 2.05) is 0 Å². The van der Waals surface area contributed by atoms with Gasteiger partial charge in [0.25, 0.3) is 23.3 Å². The number of fused-ring (bicyclic) bond motifs is 5. The molecule has 6 N–H and O–H groups in total. The minimum absolute atomic E-state index is 0.0314. The van der Waals surface area contributed by atoms with Gasteiger partial charge in [-0.25, -0.2) is 42.6 Å². The van der Waals surface area contributed by atoms with Crippen molar-refractivity contribution in [2.24, 2.45) is 5.92 Å². The summed E-state index contributed by atoms with van der Waals surface area (Å²) >= 11 is 8.15. The van der Waals surface area contributed by atoms with Crippen LogP contribution < -0.4 is 26.8 Å². The molecular weight excluding hydrogens is 1470 g/mol. The molecule has 0 unspecified atom stereocenters. The number of ether oxygens (including phenoxy) is 8. The highest BCUT2D eigenvalue weighted by Gasteiger charge is 2.54. The number of imide groups is 1. The summed E-state index contributed by atoms with van der Waals surface area (Å²) in [6.07, 6.45) is -8.18. The van der Waals surface area contributed by atoms with Gasteiger partial charge in [-0.3, -0.25) is 61.1 Å². The molecule has 3 saturated heterocycles. The Morgan fingerprint density at radius 3 is 2.03 bits per heavy atom. The summed E-state index contributed by atoms with van der Waals surface area (Å²) in [5, 5.41) is 21.7. The van der Waals surface area contributed by atoms with Gasteiger partial charge < -0.3 is 78.7 Å². The second kappa shape index (κ2) is 36.5. The largest absolute Gasteiger partial charge is 0.445 e. The smallest absolute Gasteiger partial charge is 0.410 e. The Labute approximate surface area is 607 Å². The number of nitrogens with one attached hydrogen (secondary N) is 5. The van der Waals surface area contributed by atoms with Gasteiger partial charge in [0.1, 0.15) is 60.9 Å². The van der Waals surface area contributed by atoms with Crippen molar-refractivity contribution in [2.45, 2.75) is 102 Å². The average Bonchev–Trinajstić information content (AvgIpc) is 1.69. The van der Waals surface area contributed by atoms with Gasteiger partial charge in [0.15, 0.2) is 47.1 Å². The van der Waals surface area contributed by atoms with Crippen LogP contribution in [0.4, 0.5) is 25.1 Å². The van der Waals surface area contributed by atoms with E-state index in [1.54, 1.807) is 56.3 Å². The molecule has 10 rings (SSSR count). The Bertz CT molecular complexity index is 4280. The molecule has 2 aromatic carbocycles. The summed E-state index contributed by atoms with van der Waals surface area (Å²) in [7, 11) is 1.46. The summed E-state index contributed by atoms with van der Waals surface area (Å²) < 4.78 is 129. The van der Waals surface area contributed by atoms with Crippen LogP contribution in [0.3, 0.4) is 0 Å². The maximum absolute atomic E-state index is 16.9. The maximum atomic E-state index is 16.9. The van der Waals surface area contributed by atoms with Crippen molar-refractivity contribution in [3.63, 3.8) is 0 Å². The lowest BCUT2D eigenvalue weighted by Crippen LogP contribution is -2.53. The first-order valence-electron chi connectivity index (χ1n) is 32.8. The predicted molar refractivity (Wildman–Crippen MR) is 369 cm³/mol. The molecule has 3 fully saturated rings. The monoisotopic (exact) mass is 1550 g/mol. The van der Waals surface area contributed by atoms with Gasteiger partial charge in [-0.2, -0.15) is 0 Å². The summed E-state index contributed by atoms with van der Waals surface area (Å²) in [6.45, 7) is -3.31. The highest BCUT2D eigenvalue weighted by Crippen LogP contribution is 2.60. The van der Waals surface area contributed by atoms with Crippen molar-refractivity contribution in [2.75, 3.05) is 104 Å². The zero-order valence-corrected chi connectivity index (χ0v) is 60.4. The third-order valence-corrected chi connectivity index (χ3v) is 19.7. The van der Waals surface area contributed by atoms with Crippen LogP contribution in [-0.2, 0) is 102 Å². The lowest BCUT2D eigenvalue weighted by molar-refractivity contribution is -0.137. The van der Waals surface area contributed by atoms with E-state index in [0.717, 1.165) is 39.2 Å². The molecule has 105 heavy (non-hydrogen) atoms. The highest BCUT2D eigenvalue weighted by atomic mass is 32.7. The molecule has 0 saturated carbocycles. The quantitative estimate of drug-likeness (QED) is 0.0128. The minimum atomic E-state index is -4.65. The van der Waals surface area contributed by atoms with Crippen LogP contribution in [0, 0.1) is 11.7 Å². The lowest BCUT2D eigenvalue weighted by atomic mass is 10.0. The third-order valence-electron chi connectivity index (χ3n) is 16.5. The molecule has 4 aromatic heterocycles. The number of imidazole rings is 1. The zero-order valence-electron chi connectivity index (χ0n) is 56.8. The van der Waals surface area contributed by atoms with E-state index in [0.29, 0.717) is 56.5 Å². The standard InChI is InChI=1S/C63H77F2N13O23P2S2/c1-35(2)49(73-44(79)15-17-90-19-21-92-23-25-94-26-24-93-22-20-91-18-16-76-45(80)13-14-46(76)81)60(86)71-36(3)57(83)72-39-11-9-37(10-12-39)29-95-63(87)75(4)27-38-7-5-6-8-40(38)58(84)74-54-50-56(68-32-66-54)78(34-70-50)61-48(65)52-43(99-61)31-97-103(89,105)101-53-51(82)42(30-96-102(88,104)100-52)98-62(53)77-28-41(64)47-55(77)67-33-69-59(47)85/h5-14,28,32-36,42-43,48-49,51-53,61-62,82H,15-27,29-31H2,1-4H3,(H,71,86)(H,72,83)(H,73,79)(H,88,104)(H,89,105)(H,67,69,85)(H,66,68,74,84)/t36-,42+,43+,48+,49-,51+,52+,53+,61+,62+,102+,103+/m0/s1.